The van der Waals surface area contributed by atoms with Gasteiger partial charge in [0.05, 0.1) is 22.0 Å². The van der Waals surface area contributed by atoms with Crippen molar-refractivity contribution in [3.63, 3.8) is 0 Å². The van der Waals surface area contributed by atoms with Crippen LogP contribution < -0.4 is 10.2 Å². The smallest absolute Gasteiger partial charge is 0.250 e. The van der Waals surface area contributed by atoms with Gasteiger partial charge in [-0.25, -0.2) is 0 Å². The number of fused-ring (bicyclic) bond motifs is 2. The Labute approximate surface area is 208 Å². The van der Waals surface area contributed by atoms with Crippen LogP contribution in [0.2, 0.25) is 0 Å². The quantitative estimate of drug-likeness (QED) is 0.509. The minimum absolute atomic E-state index is 0.140. The predicted octanol–water partition coefficient (Wildman–Crippen LogP) is 4.91. The lowest BCUT2D eigenvalue weighted by Gasteiger charge is -2.42. The van der Waals surface area contributed by atoms with Crippen molar-refractivity contribution in [1.82, 2.24) is 14.8 Å². The van der Waals surface area contributed by atoms with Gasteiger partial charge in [-0.3, -0.25) is 14.5 Å². The van der Waals surface area contributed by atoms with E-state index in [9.17, 15) is 9.59 Å². The molecular formula is C25H29N5O2S2. The molecule has 0 fully saturated rings. The predicted molar refractivity (Wildman–Crippen MR) is 137 cm³/mol. The van der Waals surface area contributed by atoms with E-state index < -0.39 is 5.54 Å². The molecular weight excluding hydrogens is 466 g/mol. The summed E-state index contributed by atoms with van der Waals surface area (Å²) in [5, 5.41) is 12.4. The summed E-state index contributed by atoms with van der Waals surface area (Å²) < 4.78 is 1.97. The molecule has 2 aromatic heterocycles. The molecule has 0 spiro atoms. The second-order valence-electron chi connectivity index (χ2n) is 9.49. The third kappa shape index (κ3) is 3.94. The summed E-state index contributed by atoms with van der Waals surface area (Å²) in [6, 6.07) is 9.67. The summed E-state index contributed by atoms with van der Waals surface area (Å²) in [4.78, 5) is 30.2. The Bertz CT molecular complexity index is 1260. The largest absolute Gasteiger partial charge is 0.322 e. The number of thioether (sulfide) groups is 1. The van der Waals surface area contributed by atoms with E-state index in [1.54, 1.807) is 18.7 Å². The average Bonchev–Trinajstić information content (AvgIpc) is 3.40. The molecule has 1 aromatic carbocycles. The lowest BCUT2D eigenvalue weighted by atomic mass is 9.87. The van der Waals surface area contributed by atoms with Gasteiger partial charge in [-0.05, 0) is 62.8 Å². The molecule has 0 saturated heterocycles. The van der Waals surface area contributed by atoms with E-state index in [-0.39, 0.29) is 17.6 Å². The maximum atomic E-state index is 13.3. The number of carbonyl (C=O) groups excluding carboxylic acids is 2. The van der Waals surface area contributed by atoms with Gasteiger partial charge in [-0.2, -0.15) is 0 Å². The number of aromatic nitrogens is 3. The summed E-state index contributed by atoms with van der Waals surface area (Å²) in [7, 11) is 1.95. The second-order valence-corrected chi connectivity index (χ2v) is 11.6. The van der Waals surface area contributed by atoms with Gasteiger partial charge in [-0.15, -0.1) is 21.5 Å². The van der Waals surface area contributed by atoms with Crippen LogP contribution in [0.4, 0.5) is 11.4 Å². The Balaban J connectivity index is 1.34. The first-order valence-electron chi connectivity index (χ1n) is 11.7. The van der Waals surface area contributed by atoms with Crippen LogP contribution in [-0.4, -0.2) is 37.9 Å². The number of thiophene rings is 1. The Morgan fingerprint density at radius 3 is 2.88 bits per heavy atom. The number of hydrogen-bond acceptors (Lipinski definition) is 6. The Morgan fingerprint density at radius 1 is 1.29 bits per heavy atom. The molecule has 0 unspecified atom stereocenters. The molecule has 7 nitrogen and oxygen atoms in total. The highest BCUT2D eigenvalue weighted by atomic mass is 32.2. The Kier molecular flexibility index (Phi) is 6.02. The van der Waals surface area contributed by atoms with Crippen molar-refractivity contribution < 1.29 is 9.59 Å². The molecule has 1 atom stereocenters. The zero-order chi connectivity index (χ0) is 24.0. The van der Waals surface area contributed by atoms with Crippen molar-refractivity contribution >= 4 is 46.3 Å². The van der Waals surface area contributed by atoms with E-state index in [0.29, 0.717) is 16.5 Å². The number of anilines is 2. The molecule has 1 aliphatic carbocycles. The Morgan fingerprint density at radius 2 is 2.09 bits per heavy atom. The topological polar surface area (TPSA) is 80.1 Å². The van der Waals surface area contributed by atoms with Crippen molar-refractivity contribution in [1.29, 1.82) is 0 Å². The molecule has 0 saturated carbocycles. The van der Waals surface area contributed by atoms with Gasteiger partial charge in [0.1, 0.15) is 5.54 Å². The molecule has 1 N–H and O–H groups in total. The van der Waals surface area contributed by atoms with Gasteiger partial charge in [0.2, 0.25) is 11.8 Å². The number of nitrogens with one attached hydrogen (secondary N) is 1. The molecule has 2 aliphatic rings. The highest BCUT2D eigenvalue weighted by molar-refractivity contribution is 7.99. The molecule has 34 heavy (non-hydrogen) atoms. The van der Waals surface area contributed by atoms with Gasteiger partial charge in [0.25, 0.3) is 0 Å². The fraction of sp³-hybridized carbons (Fsp3) is 0.440. The molecule has 3 heterocycles. The number of benzene rings is 1. The van der Waals surface area contributed by atoms with Crippen LogP contribution in [0.25, 0.3) is 10.7 Å². The normalized spacial score (nSPS) is 18.9. The summed E-state index contributed by atoms with van der Waals surface area (Å²) in [6.07, 6.45) is 4.78. The van der Waals surface area contributed by atoms with Crippen LogP contribution in [0, 0.1) is 5.92 Å². The summed E-state index contributed by atoms with van der Waals surface area (Å²) in [5.41, 5.74) is 1.84. The standard InChI is InChI=1S/C25H29N5O2S2/c1-5-15-10-11-19-16(12-15)13-20(34-19)22-27-28-24(29(22)4)33-14-21(31)30-18-9-7-6-8-17(18)26-23(32)25(30,2)3/h6-9,13,15H,5,10-12,14H2,1-4H3,(H,26,32)/t15-/m0/s1. The maximum Gasteiger partial charge on any atom is 0.250 e. The number of rotatable bonds is 5. The number of para-hydroxylation sites is 2. The van der Waals surface area contributed by atoms with Crippen molar-refractivity contribution in [3.05, 3.63) is 40.8 Å². The molecule has 3 aromatic rings. The van der Waals surface area contributed by atoms with Crippen LogP contribution in [0.5, 0.6) is 0 Å². The Hall–Kier alpha value is -2.65. The molecule has 0 bridgehead atoms. The first-order valence-corrected chi connectivity index (χ1v) is 13.5. The first-order chi connectivity index (χ1) is 16.3. The van der Waals surface area contributed by atoms with Crippen LogP contribution >= 0.6 is 23.1 Å². The van der Waals surface area contributed by atoms with Gasteiger partial charge < -0.3 is 9.88 Å². The van der Waals surface area contributed by atoms with Crippen LogP contribution in [-0.2, 0) is 29.5 Å². The van der Waals surface area contributed by atoms with E-state index in [2.05, 4.69) is 28.5 Å². The van der Waals surface area contributed by atoms with E-state index >= 15 is 0 Å². The number of nitrogens with zero attached hydrogens (tertiary/aromatic N) is 4. The van der Waals surface area contributed by atoms with Crippen molar-refractivity contribution in [2.24, 2.45) is 13.0 Å². The fourth-order valence-electron chi connectivity index (χ4n) is 4.80. The van der Waals surface area contributed by atoms with E-state index in [1.165, 1.54) is 35.0 Å². The summed E-state index contributed by atoms with van der Waals surface area (Å²) >= 11 is 3.17. The lowest BCUT2D eigenvalue weighted by Crippen LogP contribution is -2.59. The first kappa shape index (κ1) is 23.1. The van der Waals surface area contributed by atoms with Gasteiger partial charge >= 0.3 is 0 Å². The summed E-state index contributed by atoms with van der Waals surface area (Å²) in [5.74, 6) is 1.44. The third-order valence-corrected chi connectivity index (χ3v) is 9.14. The highest BCUT2D eigenvalue weighted by Crippen LogP contribution is 2.39. The second kappa shape index (κ2) is 8.85. The van der Waals surface area contributed by atoms with Gasteiger partial charge in [0.15, 0.2) is 11.0 Å². The van der Waals surface area contributed by atoms with Crippen LogP contribution in [0.1, 0.15) is 44.1 Å². The maximum absolute atomic E-state index is 13.3. The minimum Gasteiger partial charge on any atom is -0.322 e. The van der Waals surface area contributed by atoms with E-state index in [1.807, 2.05) is 47.2 Å². The number of amides is 2. The number of hydrogen-bond donors (Lipinski definition) is 1. The molecule has 2 amide bonds. The molecule has 1 aliphatic heterocycles. The van der Waals surface area contributed by atoms with Crippen molar-refractivity contribution in [3.8, 4) is 10.7 Å². The lowest BCUT2D eigenvalue weighted by molar-refractivity contribution is -0.125. The molecule has 178 valence electrons. The highest BCUT2D eigenvalue weighted by Gasteiger charge is 2.43. The fourth-order valence-corrected chi connectivity index (χ4v) is 6.79. The van der Waals surface area contributed by atoms with Gasteiger partial charge in [0, 0.05) is 11.9 Å². The van der Waals surface area contributed by atoms with Crippen molar-refractivity contribution in [2.45, 2.75) is 57.1 Å². The summed E-state index contributed by atoms with van der Waals surface area (Å²) in [6.45, 7) is 5.80. The minimum atomic E-state index is -0.983. The number of aryl methyl sites for hydroxylation is 1. The van der Waals surface area contributed by atoms with E-state index in [0.717, 1.165) is 29.5 Å². The molecule has 5 rings (SSSR count). The van der Waals surface area contributed by atoms with Crippen LogP contribution in [0.15, 0.2) is 35.5 Å². The van der Waals surface area contributed by atoms with Gasteiger partial charge in [-0.1, -0.05) is 37.2 Å². The molecule has 0 radical (unpaired) electrons. The van der Waals surface area contributed by atoms with Crippen LogP contribution in [0.3, 0.4) is 0 Å². The zero-order valence-electron chi connectivity index (χ0n) is 19.9. The van der Waals surface area contributed by atoms with Crippen molar-refractivity contribution in [2.75, 3.05) is 16.0 Å². The third-order valence-electron chi connectivity index (χ3n) is 6.90. The average molecular weight is 496 g/mol. The molecule has 9 heteroatoms. The number of carbonyl (C=O) groups is 2. The SMILES string of the molecule is CC[C@H]1CCc2sc(-c3nnc(SCC(=O)N4c5ccccc5NC(=O)C4(C)C)n3C)cc2C1. The van der Waals surface area contributed by atoms with E-state index in [4.69, 9.17) is 0 Å². The zero-order valence-corrected chi connectivity index (χ0v) is 21.6. The monoisotopic (exact) mass is 495 g/mol.